The second kappa shape index (κ2) is 6.35. The molecule has 0 spiro atoms. The van der Waals surface area contributed by atoms with Crippen LogP contribution in [0.3, 0.4) is 0 Å². The molecule has 2 N–H and O–H groups in total. The number of aromatic hydroxyl groups is 1. The average molecular weight is 432 g/mol. The van der Waals surface area contributed by atoms with E-state index in [1.807, 2.05) is 18.2 Å². The van der Waals surface area contributed by atoms with Crippen molar-refractivity contribution in [3.8, 4) is 5.75 Å². The maximum Gasteiger partial charge on any atom is 0.123 e. The van der Waals surface area contributed by atoms with Gasteiger partial charge in [0, 0.05) is 15.2 Å². The highest BCUT2D eigenvalue weighted by molar-refractivity contribution is 14.1. The van der Waals surface area contributed by atoms with Crippen molar-refractivity contribution < 1.29 is 14.9 Å². The van der Waals surface area contributed by atoms with E-state index in [2.05, 4.69) is 46.9 Å². The van der Waals surface area contributed by atoms with Gasteiger partial charge in [-0.15, -0.1) is 0 Å². The topological polar surface area (TPSA) is 49.7 Å². The molecule has 4 aromatic carbocycles. The summed E-state index contributed by atoms with van der Waals surface area (Å²) in [6.07, 6.45) is -0.428. The summed E-state index contributed by atoms with van der Waals surface area (Å²) in [6, 6.07) is 16.1. The van der Waals surface area contributed by atoms with Crippen molar-refractivity contribution in [1.29, 1.82) is 0 Å². The largest absolute Gasteiger partial charge is 0.507 e. The third kappa shape index (κ3) is 2.59. The summed E-state index contributed by atoms with van der Waals surface area (Å²) in [5.41, 5.74) is 1.10. The molecular weight excluding hydrogens is 415 g/mol. The lowest BCUT2D eigenvalue weighted by Crippen LogP contribution is -2.16. The Morgan fingerprint density at radius 2 is 1.50 bits per heavy atom. The molecule has 0 amide bonds. The molecule has 0 aliphatic heterocycles. The molecule has 1 unspecified atom stereocenters. The van der Waals surface area contributed by atoms with Crippen LogP contribution in [0, 0.1) is 0 Å². The SMILES string of the molecule is Oc1ccc2ccc3c(COCC(O)CI)ccc4ccc1c2c43. The minimum absolute atomic E-state index is 0.309. The van der Waals surface area contributed by atoms with Gasteiger partial charge in [-0.2, -0.15) is 0 Å². The van der Waals surface area contributed by atoms with Gasteiger partial charge in [0.25, 0.3) is 0 Å². The third-order valence-corrected chi connectivity index (χ3v) is 5.49. The van der Waals surface area contributed by atoms with Gasteiger partial charge in [0.2, 0.25) is 0 Å². The van der Waals surface area contributed by atoms with Crippen LogP contribution in [0.2, 0.25) is 0 Å². The number of phenolic OH excluding ortho intramolecular Hbond substituents is 1. The van der Waals surface area contributed by atoms with E-state index >= 15 is 0 Å². The van der Waals surface area contributed by atoms with E-state index in [0.29, 0.717) is 23.4 Å². The molecule has 122 valence electrons. The molecule has 0 bridgehead atoms. The van der Waals surface area contributed by atoms with Crippen molar-refractivity contribution in [3.63, 3.8) is 0 Å². The van der Waals surface area contributed by atoms with E-state index in [4.69, 9.17) is 4.74 Å². The number of alkyl halides is 1. The lowest BCUT2D eigenvalue weighted by atomic mass is 9.92. The van der Waals surface area contributed by atoms with E-state index in [0.717, 1.165) is 37.9 Å². The maximum absolute atomic E-state index is 10.2. The number of benzene rings is 4. The van der Waals surface area contributed by atoms with Crippen LogP contribution in [-0.4, -0.2) is 27.4 Å². The van der Waals surface area contributed by atoms with Crippen LogP contribution in [0.4, 0.5) is 0 Å². The molecule has 0 saturated carbocycles. The molecule has 0 fully saturated rings. The summed E-state index contributed by atoms with van der Waals surface area (Å²) in [7, 11) is 0. The second-order valence-corrected chi connectivity index (χ2v) is 6.94. The molecule has 0 saturated heterocycles. The number of ether oxygens (including phenoxy) is 1. The normalized spacial score (nSPS) is 13.2. The molecule has 4 rings (SSSR count). The van der Waals surface area contributed by atoms with Crippen LogP contribution >= 0.6 is 22.6 Å². The molecule has 0 aliphatic rings. The standard InChI is InChI=1S/C20H17IO3/c21-9-15(22)11-24-10-14-2-1-12-4-7-17-18(23)8-5-13-3-6-16(14)19(12)20(13)17/h1-8,15,22-23H,9-11H2. The van der Waals surface area contributed by atoms with E-state index in [1.165, 1.54) is 0 Å². The predicted molar refractivity (Wildman–Crippen MR) is 106 cm³/mol. The van der Waals surface area contributed by atoms with E-state index in [1.54, 1.807) is 6.07 Å². The lowest BCUT2D eigenvalue weighted by molar-refractivity contribution is 0.0415. The van der Waals surface area contributed by atoms with Crippen molar-refractivity contribution in [2.24, 2.45) is 0 Å². The Bertz CT molecular complexity index is 1010. The van der Waals surface area contributed by atoms with Crippen LogP contribution < -0.4 is 0 Å². The minimum atomic E-state index is -0.428. The van der Waals surface area contributed by atoms with Crippen LogP contribution in [0.15, 0.2) is 48.5 Å². The number of hydrogen-bond acceptors (Lipinski definition) is 3. The van der Waals surface area contributed by atoms with E-state index in [9.17, 15) is 10.2 Å². The van der Waals surface area contributed by atoms with Crippen LogP contribution in [0.25, 0.3) is 32.3 Å². The molecule has 4 aromatic rings. The first-order valence-electron chi connectivity index (χ1n) is 7.89. The average Bonchev–Trinajstić information content (AvgIpc) is 2.62. The molecule has 4 heteroatoms. The maximum atomic E-state index is 10.2. The van der Waals surface area contributed by atoms with Crippen molar-refractivity contribution in [2.75, 3.05) is 11.0 Å². The highest BCUT2D eigenvalue weighted by Gasteiger charge is 2.13. The monoisotopic (exact) mass is 432 g/mol. The van der Waals surface area contributed by atoms with E-state index < -0.39 is 6.10 Å². The molecule has 0 radical (unpaired) electrons. The number of phenols is 1. The summed E-state index contributed by atoms with van der Waals surface area (Å²) in [5, 5.41) is 26.4. The Morgan fingerprint density at radius 3 is 2.25 bits per heavy atom. The Kier molecular flexibility index (Phi) is 4.20. The summed E-state index contributed by atoms with van der Waals surface area (Å²) >= 11 is 2.15. The number of rotatable bonds is 5. The van der Waals surface area contributed by atoms with Gasteiger partial charge in [-0.05, 0) is 33.2 Å². The van der Waals surface area contributed by atoms with Crippen molar-refractivity contribution in [1.82, 2.24) is 0 Å². The third-order valence-electron chi connectivity index (χ3n) is 4.48. The number of aliphatic hydroxyl groups excluding tert-OH is 1. The predicted octanol–water partition coefficient (Wildman–Crippen LogP) is 4.60. The molecule has 0 aromatic heterocycles. The van der Waals surface area contributed by atoms with Gasteiger partial charge in [0.1, 0.15) is 5.75 Å². The first-order valence-corrected chi connectivity index (χ1v) is 9.41. The summed E-state index contributed by atoms with van der Waals surface area (Å²) in [4.78, 5) is 0. The highest BCUT2D eigenvalue weighted by Crippen LogP contribution is 2.39. The molecule has 24 heavy (non-hydrogen) atoms. The van der Waals surface area contributed by atoms with Gasteiger partial charge < -0.3 is 14.9 Å². The highest BCUT2D eigenvalue weighted by atomic mass is 127. The molecule has 1 atom stereocenters. The minimum Gasteiger partial charge on any atom is -0.507 e. The Morgan fingerprint density at radius 1 is 0.875 bits per heavy atom. The van der Waals surface area contributed by atoms with Gasteiger partial charge in [0.05, 0.1) is 19.3 Å². The smallest absolute Gasteiger partial charge is 0.123 e. The Balaban J connectivity index is 1.86. The first kappa shape index (κ1) is 15.9. The number of aliphatic hydroxyl groups is 1. The molecular formula is C20H17IO3. The van der Waals surface area contributed by atoms with Crippen LogP contribution in [-0.2, 0) is 11.3 Å². The van der Waals surface area contributed by atoms with Gasteiger partial charge in [-0.25, -0.2) is 0 Å². The van der Waals surface area contributed by atoms with E-state index in [-0.39, 0.29) is 0 Å². The molecule has 0 aliphatic carbocycles. The zero-order valence-electron chi connectivity index (χ0n) is 13.0. The summed E-state index contributed by atoms with van der Waals surface area (Å²) in [6.45, 7) is 0.805. The summed E-state index contributed by atoms with van der Waals surface area (Å²) in [5.74, 6) is 0.309. The fraction of sp³-hybridized carbons (Fsp3) is 0.200. The number of halogens is 1. The van der Waals surface area contributed by atoms with Gasteiger partial charge in [0.15, 0.2) is 0 Å². The molecule has 3 nitrogen and oxygen atoms in total. The molecule has 0 heterocycles. The fourth-order valence-corrected chi connectivity index (χ4v) is 3.58. The Labute approximate surface area is 153 Å². The van der Waals surface area contributed by atoms with Gasteiger partial charge in [-0.1, -0.05) is 65.1 Å². The Hall–Kier alpha value is -1.63. The van der Waals surface area contributed by atoms with Crippen LogP contribution in [0.5, 0.6) is 5.75 Å². The number of hydrogen-bond donors (Lipinski definition) is 2. The lowest BCUT2D eigenvalue weighted by Gasteiger charge is -2.15. The van der Waals surface area contributed by atoms with Gasteiger partial charge >= 0.3 is 0 Å². The first-order chi connectivity index (χ1) is 11.7. The zero-order valence-corrected chi connectivity index (χ0v) is 15.2. The quantitative estimate of drug-likeness (QED) is 0.275. The van der Waals surface area contributed by atoms with Crippen molar-refractivity contribution >= 4 is 54.9 Å². The summed E-state index contributed by atoms with van der Waals surface area (Å²) < 4.78 is 6.34. The van der Waals surface area contributed by atoms with Gasteiger partial charge in [-0.3, -0.25) is 0 Å². The second-order valence-electron chi connectivity index (χ2n) is 6.06. The van der Waals surface area contributed by atoms with Crippen molar-refractivity contribution in [2.45, 2.75) is 12.7 Å². The van der Waals surface area contributed by atoms with Crippen molar-refractivity contribution in [3.05, 3.63) is 54.1 Å². The van der Waals surface area contributed by atoms with Crippen LogP contribution in [0.1, 0.15) is 5.56 Å². The zero-order chi connectivity index (χ0) is 16.7. The fourth-order valence-electron chi connectivity index (χ4n) is 3.32.